The number of amides is 1. The predicted molar refractivity (Wildman–Crippen MR) is 116 cm³/mol. The van der Waals surface area contributed by atoms with E-state index in [0.29, 0.717) is 30.9 Å². The van der Waals surface area contributed by atoms with Crippen molar-refractivity contribution in [2.45, 2.75) is 19.1 Å². The van der Waals surface area contributed by atoms with Gasteiger partial charge < -0.3 is 9.64 Å². The third kappa shape index (κ3) is 4.60. The minimum absolute atomic E-state index is 0.0699. The van der Waals surface area contributed by atoms with Crippen molar-refractivity contribution in [2.24, 2.45) is 0 Å². The number of ether oxygens (including phenoxy) is 1. The Morgan fingerprint density at radius 1 is 0.967 bits per heavy atom. The second-order valence-electron chi connectivity index (χ2n) is 7.79. The zero-order chi connectivity index (χ0) is 21.1. The van der Waals surface area contributed by atoms with Crippen LogP contribution in [0.25, 0.3) is 0 Å². The molecule has 1 atom stereocenters. The van der Waals surface area contributed by atoms with Crippen LogP contribution in [0.15, 0.2) is 54.6 Å². The Hall–Kier alpha value is -2.58. The van der Waals surface area contributed by atoms with Crippen LogP contribution < -0.4 is 9.04 Å². The lowest BCUT2D eigenvalue weighted by molar-refractivity contribution is -0.140. The van der Waals surface area contributed by atoms with Gasteiger partial charge in [-0.3, -0.25) is 14.0 Å². The SMILES string of the molecule is CS(=O)(=O)N1CCC(C(=O)N2CCN(Cc3ccccc3)CC2)Oc2ccccc21. The van der Waals surface area contributed by atoms with Crippen LogP contribution in [0.4, 0.5) is 5.69 Å². The molecule has 0 spiro atoms. The van der Waals surface area contributed by atoms with E-state index in [1.807, 2.05) is 23.1 Å². The monoisotopic (exact) mass is 429 g/mol. The van der Waals surface area contributed by atoms with Crippen molar-refractivity contribution in [2.75, 3.05) is 43.3 Å². The lowest BCUT2D eigenvalue weighted by atomic mass is 10.1. The van der Waals surface area contributed by atoms with Crippen LogP contribution >= 0.6 is 0 Å². The maximum Gasteiger partial charge on any atom is 0.263 e. The molecule has 160 valence electrons. The summed E-state index contributed by atoms with van der Waals surface area (Å²) < 4.78 is 31.8. The molecule has 0 saturated carbocycles. The molecule has 1 amide bonds. The molecule has 2 aromatic rings. The molecule has 0 aliphatic carbocycles. The van der Waals surface area contributed by atoms with E-state index in [1.54, 1.807) is 24.3 Å². The molecule has 0 aromatic heterocycles. The number of benzene rings is 2. The Labute approximate surface area is 177 Å². The van der Waals surface area contributed by atoms with Gasteiger partial charge in [0.15, 0.2) is 6.10 Å². The van der Waals surface area contributed by atoms with Crippen molar-refractivity contribution >= 4 is 21.6 Å². The minimum Gasteiger partial charge on any atom is -0.478 e. The number of hydrogen-bond acceptors (Lipinski definition) is 5. The largest absolute Gasteiger partial charge is 0.478 e. The second-order valence-corrected chi connectivity index (χ2v) is 9.69. The van der Waals surface area contributed by atoms with Crippen LogP contribution in [0, 0.1) is 0 Å². The summed E-state index contributed by atoms with van der Waals surface area (Å²) in [6.07, 6.45) is 0.821. The quantitative estimate of drug-likeness (QED) is 0.743. The van der Waals surface area contributed by atoms with E-state index < -0.39 is 16.1 Å². The Morgan fingerprint density at radius 3 is 2.33 bits per heavy atom. The highest BCUT2D eigenvalue weighted by molar-refractivity contribution is 7.92. The number of para-hydroxylation sites is 2. The summed E-state index contributed by atoms with van der Waals surface area (Å²) in [4.78, 5) is 17.3. The zero-order valence-electron chi connectivity index (χ0n) is 17.1. The summed E-state index contributed by atoms with van der Waals surface area (Å²) in [5.74, 6) is 0.362. The number of piperazine rings is 1. The average Bonchev–Trinajstić information content (AvgIpc) is 2.94. The first-order valence-corrected chi connectivity index (χ1v) is 12.0. The number of rotatable bonds is 4. The Kier molecular flexibility index (Phi) is 5.97. The number of carbonyl (C=O) groups excluding carboxylic acids is 1. The molecule has 30 heavy (non-hydrogen) atoms. The first-order chi connectivity index (χ1) is 14.4. The van der Waals surface area contributed by atoms with Crippen LogP contribution in [0.5, 0.6) is 5.75 Å². The third-order valence-electron chi connectivity index (χ3n) is 5.61. The lowest BCUT2D eigenvalue weighted by Gasteiger charge is -2.36. The summed E-state index contributed by atoms with van der Waals surface area (Å²) >= 11 is 0. The van der Waals surface area contributed by atoms with Gasteiger partial charge >= 0.3 is 0 Å². The molecule has 2 aliphatic rings. The lowest BCUT2D eigenvalue weighted by Crippen LogP contribution is -2.52. The molecule has 0 bridgehead atoms. The Morgan fingerprint density at radius 2 is 1.63 bits per heavy atom. The van der Waals surface area contributed by atoms with E-state index >= 15 is 0 Å². The molecule has 0 radical (unpaired) electrons. The topological polar surface area (TPSA) is 70.2 Å². The third-order valence-corrected chi connectivity index (χ3v) is 6.79. The van der Waals surface area contributed by atoms with Gasteiger partial charge in [0.2, 0.25) is 10.0 Å². The Balaban J connectivity index is 1.41. The molecule has 4 rings (SSSR count). The van der Waals surface area contributed by atoms with Crippen LogP contribution in [0.3, 0.4) is 0 Å². The van der Waals surface area contributed by atoms with Crippen molar-refractivity contribution in [3.8, 4) is 5.75 Å². The van der Waals surface area contributed by atoms with Gasteiger partial charge in [0.1, 0.15) is 5.75 Å². The smallest absolute Gasteiger partial charge is 0.263 e. The van der Waals surface area contributed by atoms with Gasteiger partial charge in [-0.05, 0) is 17.7 Å². The molecule has 1 unspecified atom stereocenters. The number of sulfonamides is 1. The van der Waals surface area contributed by atoms with E-state index in [0.717, 1.165) is 19.6 Å². The molecule has 1 fully saturated rings. The van der Waals surface area contributed by atoms with Crippen LogP contribution in [0.1, 0.15) is 12.0 Å². The van der Waals surface area contributed by atoms with E-state index in [2.05, 4.69) is 17.0 Å². The van der Waals surface area contributed by atoms with Gasteiger partial charge in [0, 0.05) is 45.7 Å². The van der Waals surface area contributed by atoms with E-state index in [9.17, 15) is 13.2 Å². The van der Waals surface area contributed by atoms with Crippen LogP contribution in [0.2, 0.25) is 0 Å². The molecule has 2 aromatic carbocycles. The highest BCUT2D eigenvalue weighted by atomic mass is 32.2. The van der Waals surface area contributed by atoms with Crippen molar-refractivity contribution in [1.29, 1.82) is 0 Å². The van der Waals surface area contributed by atoms with E-state index in [1.165, 1.54) is 16.1 Å². The van der Waals surface area contributed by atoms with E-state index in [4.69, 9.17) is 4.74 Å². The summed E-state index contributed by atoms with van der Waals surface area (Å²) in [5, 5.41) is 0. The van der Waals surface area contributed by atoms with Crippen molar-refractivity contribution < 1.29 is 17.9 Å². The van der Waals surface area contributed by atoms with Gasteiger partial charge in [-0.25, -0.2) is 8.42 Å². The predicted octanol–water partition coefficient (Wildman–Crippen LogP) is 1.95. The van der Waals surface area contributed by atoms with Gasteiger partial charge in [-0.2, -0.15) is 0 Å². The standard InChI is InChI=1S/C22H27N3O4S/c1-30(27,28)25-12-11-21(29-20-10-6-5-9-19(20)25)22(26)24-15-13-23(14-16-24)17-18-7-3-2-4-8-18/h2-10,21H,11-17H2,1H3. The number of hydrogen-bond donors (Lipinski definition) is 0. The van der Waals surface area contributed by atoms with Gasteiger partial charge in [-0.1, -0.05) is 42.5 Å². The van der Waals surface area contributed by atoms with Crippen molar-refractivity contribution in [3.63, 3.8) is 0 Å². The van der Waals surface area contributed by atoms with Crippen molar-refractivity contribution in [3.05, 3.63) is 60.2 Å². The number of fused-ring (bicyclic) bond motifs is 1. The second kappa shape index (κ2) is 8.65. The molecule has 1 saturated heterocycles. The molecular formula is C22H27N3O4S. The van der Waals surface area contributed by atoms with Gasteiger partial charge in [-0.15, -0.1) is 0 Å². The number of carbonyl (C=O) groups is 1. The summed E-state index contributed by atoms with van der Waals surface area (Å²) in [7, 11) is -3.45. The fourth-order valence-electron chi connectivity index (χ4n) is 4.02. The molecule has 0 N–H and O–H groups in total. The van der Waals surface area contributed by atoms with Gasteiger partial charge in [0.05, 0.1) is 11.9 Å². The Bertz CT molecular complexity index is 988. The van der Waals surface area contributed by atoms with E-state index in [-0.39, 0.29) is 12.5 Å². The normalized spacial score (nSPS) is 20.2. The first kappa shape index (κ1) is 20.7. The maximum atomic E-state index is 13.2. The molecule has 7 nitrogen and oxygen atoms in total. The maximum absolute atomic E-state index is 13.2. The summed E-state index contributed by atoms with van der Waals surface area (Å²) in [5.41, 5.74) is 1.75. The van der Waals surface area contributed by atoms with Gasteiger partial charge in [0.25, 0.3) is 5.91 Å². The number of nitrogens with zero attached hydrogens (tertiary/aromatic N) is 3. The fourth-order valence-corrected chi connectivity index (χ4v) is 4.97. The van der Waals surface area contributed by atoms with Crippen LogP contribution in [-0.4, -0.2) is 69.2 Å². The molecular weight excluding hydrogens is 402 g/mol. The highest BCUT2D eigenvalue weighted by Gasteiger charge is 2.34. The minimum atomic E-state index is -3.45. The fraction of sp³-hybridized carbons (Fsp3) is 0.409. The number of anilines is 1. The molecule has 2 aliphatic heterocycles. The summed E-state index contributed by atoms with van der Waals surface area (Å²) in [6, 6.07) is 17.3. The van der Waals surface area contributed by atoms with Crippen LogP contribution in [-0.2, 0) is 21.4 Å². The highest BCUT2D eigenvalue weighted by Crippen LogP contribution is 2.34. The first-order valence-electron chi connectivity index (χ1n) is 10.2. The average molecular weight is 430 g/mol. The zero-order valence-corrected chi connectivity index (χ0v) is 17.9. The molecule has 8 heteroatoms. The van der Waals surface area contributed by atoms with Crippen molar-refractivity contribution in [1.82, 2.24) is 9.80 Å². The molecule has 2 heterocycles. The summed E-state index contributed by atoms with van der Waals surface area (Å²) in [6.45, 7) is 3.99.